The van der Waals surface area contributed by atoms with E-state index in [1.807, 2.05) is 12.2 Å². The summed E-state index contributed by atoms with van der Waals surface area (Å²) in [5, 5.41) is 9.34. The molecule has 0 bridgehead atoms. The van der Waals surface area contributed by atoms with Crippen molar-refractivity contribution in [3.05, 3.63) is 12.2 Å². The van der Waals surface area contributed by atoms with E-state index in [2.05, 4.69) is 20.8 Å². The SMILES string of the molecule is CCCCCCCCC(CC(C)C)OC(=O)C1CC=CCC1C(=O)O. The largest absolute Gasteiger partial charge is 0.481 e. The van der Waals surface area contributed by atoms with Crippen LogP contribution in [0, 0.1) is 17.8 Å². The van der Waals surface area contributed by atoms with E-state index in [1.54, 1.807) is 0 Å². The smallest absolute Gasteiger partial charge is 0.310 e. The molecule has 0 aromatic rings. The van der Waals surface area contributed by atoms with E-state index in [0.717, 1.165) is 19.3 Å². The van der Waals surface area contributed by atoms with Crippen LogP contribution in [0.15, 0.2) is 12.2 Å². The van der Waals surface area contributed by atoms with Gasteiger partial charge in [0, 0.05) is 0 Å². The Labute approximate surface area is 153 Å². The second-order valence-electron chi connectivity index (χ2n) is 7.74. The number of unbranched alkanes of at least 4 members (excludes halogenated alkanes) is 5. The van der Waals surface area contributed by atoms with E-state index in [9.17, 15) is 14.7 Å². The maximum atomic E-state index is 12.6. The molecule has 1 aliphatic carbocycles. The Morgan fingerprint density at radius 2 is 1.64 bits per heavy atom. The number of esters is 1. The summed E-state index contributed by atoms with van der Waals surface area (Å²) in [5.41, 5.74) is 0. The zero-order valence-electron chi connectivity index (χ0n) is 16.2. The molecule has 0 aliphatic heterocycles. The van der Waals surface area contributed by atoms with Crippen molar-refractivity contribution in [3.63, 3.8) is 0 Å². The van der Waals surface area contributed by atoms with E-state index >= 15 is 0 Å². The quantitative estimate of drug-likeness (QED) is 0.292. The molecule has 0 saturated carbocycles. The predicted octanol–water partition coefficient (Wildman–Crippen LogP) is 5.36. The van der Waals surface area contributed by atoms with E-state index in [1.165, 1.54) is 32.1 Å². The number of rotatable bonds is 12. The fourth-order valence-corrected chi connectivity index (χ4v) is 3.50. The van der Waals surface area contributed by atoms with Crippen LogP contribution in [-0.2, 0) is 14.3 Å². The highest BCUT2D eigenvalue weighted by molar-refractivity contribution is 5.81. The van der Waals surface area contributed by atoms with Crippen molar-refractivity contribution in [1.82, 2.24) is 0 Å². The second kappa shape index (κ2) is 12.1. The van der Waals surface area contributed by atoms with Crippen LogP contribution in [0.5, 0.6) is 0 Å². The summed E-state index contributed by atoms with van der Waals surface area (Å²) in [7, 11) is 0. The number of hydrogen-bond acceptors (Lipinski definition) is 3. The lowest BCUT2D eigenvalue weighted by Gasteiger charge is -2.27. The van der Waals surface area contributed by atoms with Gasteiger partial charge in [-0.15, -0.1) is 0 Å². The molecular formula is C21H36O4. The summed E-state index contributed by atoms with van der Waals surface area (Å²) < 4.78 is 5.77. The van der Waals surface area contributed by atoms with Crippen LogP contribution in [-0.4, -0.2) is 23.1 Å². The molecule has 0 heterocycles. The normalized spacial score (nSPS) is 21.3. The monoisotopic (exact) mass is 352 g/mol. The lowest BCUT2D eigenvalue weighted by molar-refractivity contribution is -0.162. The number of ether oxygens (including phenoxy) is 1. The van der Waals surface area contributed by atoms with E-state index in [-0.39, 0.29) is 12.1 Å². The molecule has 1 rings (SSSR count). The molecule has 0 fully saturated rings. The molecule has 1 aliphatic rings. The van der Waals surface area contributed by atoms with Crippen LogP contribution < -0.4 is 0 Å². The van der Waals surface area contributed by atoms with Gasteiger partial charge in [-0.25, -0.2) is 0 Å². The van der Waals surface area contributed by atoms with Crippen molar-refractivity contribution in [2.45, 2.75) is 91.1 Å². The van der Waals surface area contributed by atoms with Gasteiger partial charge in [0.25, 0.3) is 0 Å². The van der Waals surface area contributed by atoms with Crippen molar-refractivity contribution in [1.29, 1.82) is 0 Å². The number of carboxylic acid groups (broad SMARTS) is 1. The third-order valence-corrected chi connectivity index (χ3v) is 4.95. The second-order valence-corrected chi connectivity index (χ2v) is 7.74. The van der Waals surface area contributed by atoms with Gasteiger partial charge in [0.1, 0.15) is 6.10 Å². The molecule has 4 heteroatoms. The molecule has 0 saturated heterocycles. The Bertz CT molecular complexity index is 428. The fraction of sp³-hybridized carbons (Fsp3) is 0.810. The molecule has 3 unspecified atom stereocenters. The first kappa shape index (κ1) is 21.7. The highest BCUT2D eigenvalue weighted by Crippen LogP contribution is 2.28. The van der Waals surface area contributed by atoms with Gasteiger partial charge in [0.05, 0.1) is 11.8 Å². The standard InChI is InChI=1S/C21H36O4/c1-4-5-6-7-8-9-12-17(15-16(2)3)25-21(24)19-14-11-10-13-18(19)20(22)23/h10-11,16-19H,4-9,12-15H2,1-3H3,(H,22,23). The van der Waals surface area contributed by atoms with Crippen LogP contribution in [0.2, 0.25) is 0 Å². The summed E-state index contributed by atoms with van der Waals surface area (Å²) in [6, 6.07) is 0. The molecular weight excluding hydrogens is 316 g/mol. The van der Waals surface area contributed by atoms with Crippen LogP contribution in [0.4, 0.5) is 0 Å². The van der Waals surface area contributed by atoms with E-state index in [0.29, 0.717) is 18.8 Å². The maximum Gasteiger partial charge on any atom is 0.310 e. The van der Waals surface area contributed by atoms with Crippen molar-refractivity contribution in [2.75, 3.05) is 0 Å². The average Bonchev–Trinajstić information content (AvgIpc) is 2.57. The Hall–Kier alpha value is -1.32. The number of carbonyl (C=O) groups is 2. The van der Waals surface area contributed by atoms with Gasteiger partial charge in [0.2, 0.25) is 0 Å². The van der Waals surface area contributed by atoms with Crippen molar-refractivity contribution >= 4 is 11.9 Å². The molecule has 0 aromatic heterocycles. The zero-order chi connectivity index (χ0) is 18.7. The van der Waals surface area contributed by atoms with Crippen molar-refractivity contribution < 1.29 is 19.4 Å². The summed E-state index contributed by atoms with van der Waals surface area (Å²) in [6.45, 7) is 6.47. The lowest BCUT2D eigenvalue weighted by Crippen LogP contribution is -2.34. The van der Waals surface area contributed by atoms with E-state index in [4.69, 9.17) is 4.74 Å². The molecule has 0 amide bonds. The van der Waals surface area contributed by atoms with Gasteiger partial charge in [-0.1, -0.05) is 65.0 Å². The summed E-state index contributed by atoms with van der Waals surface area (Å²) >= 11 is 0. The van der Waals surface area contributed by atoms with Gasteiger partial charge in [-0.2, -0.15) is 0 Å². The lowest BCUT2D eigenvalue weighted by atomic mass is 9.83. The predicted molar refractivity (Wildman–Crippen MR) is 100 cm³/mol. The minimum Gasteiger partial charge on any atom is -0.481 e. The number of carboxylic acids is 1. The molecule has 1 N–H and O–H groups in total. The topological polar surface area (TPSA) is 63.6 Å². The zero-order valence-corrected chi connectivity index (χ0v) is 16.2. The highest BCUT2D eigenvalue weighted by atomic mass is 16.5. The van der Waals surface area contributed by atoms with Crippen molar-refractivity contribution in [2.24, 2.45) is 17.8 Å². The summed E-state index contributed by atoms with van der Waals surface area (Å²) in [5.74, 6) is -1.96. The minimum absolute atomic E-state index is 0.0842. The van der Waals surface area contributed by atoms with Gasteiger partial charge in [-0.05, 0) is 38.0 Å². The minimum atomic E-state index is -0.900. The number of allylic oxidation sites excluding steroid dienone is 2. The Balaban J connectivity index is 2.50. The Morgan fingerprint density at radius 1 is 1.04 bits per heavy atom. The first-order chi connectivity index (χ1) is 12.0. The third kappa shape index (κ3) is 8.55. The fourth-order valence-electron chi connectivity index (χ4n) is 3.50. The number of hydrogen-bond donors (Lipinski definition) is 1. The molecule has 144 valence electrons. The third-order valence-electron chi connectivity index (χ3n) is 4.95. The van der Waals surface area contributed by atoms with Crippen molar-refractivity contribution in [3.8, 4) is 0 Å². The molecule has 0 aromatic carbocycles. The van der Waals surface area contributed by atoms with Crippen LogP contribution in [0.3, 0.4) is 0 Å². The molecule has 0 spiro atoms. The first-order valence-corrected chi connectivity index (χ1v) is 10.0. The highest BCUT2D eigenvalue weighted by Gasteiger charge is 2.36. The molecule has 4 nitrogen and oxygen atoms in total. The number of aliphatic carboxylic acids is 1. The average molecular weight is 353 g/mol. The summed E-state index contributed by atoms with van der Waals surface area (Å²) in [6.07, 6.45) is 13.6. The van der Waals surface area contributed by atoms with Gasteiger partial charge < -0.3 is 9.84 Å². The van der Waals surface area contributed by atoms with Crippen LogP contribution in [0.25, 0.3) is 0 Å². The molecule has 3 atom stereocenters. The molecule has 25 heavy (non-hydrogen) atoms. The van der Waals surface area contributed by atoms with Crippen LogP contribution >= 0.6 is 0 Å². The first-order valence-electron chi connectivity index (χ1n) is 10.0. The number of carbonyl (C=O) groups excluding carboxylic acids is 1. The van der Waals surface area contributed by atoms with Crippen LogP contribution in [0.1, 0.15) is 85.0 Å². The maximum absolute atomic E-state index is 12.6. The van der Waals surface area contributed by atoms with E-state index < -0.39 is 17.8 Å². The van der Waals surface area contributed by atoms with Gasteiger partial charge in [-0.3, -0.25) is 9.59 Å². The Morgan fingerprint density at radius 3 is 2.24 bits per heavy atom. The molecule has 0 radical (unpaired) electrons. The summed E-state index contributed by atoms with van der Waals surface area (Å²) in [4.78, 5) is 23.9. The van der Waals surface area contributed by atoms with Gasteiger partial charge in [0.15, 0.2) is 0 Å². The Kier molecular flexibility index (Phi) is 10.5. The van der Waals surface area contributed by atoms with Gasteiger partial charge >= 0.3 is 11.9 Å².